The lowest BCUT2D eigenvalue weighted by Crippen LogP contribution is -2.41. The molecule has 7 nitrogen and oxygen atoms in total. The summed E-state index contributed by atoms with van der Waals surface area (Å²) in [7, 11) is 1.53. The smallest absolute Gasteiger partial charge is 0.359 e. The first-order valence-electron chi connectivity index (χ1n) is 5.88. The Hall–Kier alpha value is -1.51. The van der Waals surface area contributed by atoms with Gasteiger partial charge in [0.2, 0.25) is 0 Å². The van der Waals surface area contributed by atoms with Crippen molar-refractivity contribution in [3.05, 3.63) is 30.6 Å². The second-order valence-corrected chi connectivity index (χ2v) is 6.99. The summed E-state index contributed by atoms with van der Waals surface area (Å²) in [6.07, 6.45) is 3.16. The van der Waals surface area contributed by atoms with Crippen molar-refractivity contribution in [3.8, 4) is 0 Å². The molecule has 2 N–H and O–H groups in total. The first-order chi connectivity index (χ1) is 8.93. The van der Waals surface area contributed by atoms with Gasteiger partial charge in [-0.05, 0) is 0 Å². The minimum Gasteiger partial charge on any atom is -0.477 e. The van der Waals surface area contributed by atoms with E-state index in [9.17, 15) is 13.2 Å². The van der Waals surface area contributed by atoms with Gasteiger partial charge in [-0.15, -0.1) is 0 Å². The average Bonchev–Trinajstić information content (AvgIpc) is 2.25. The van der Waals surface area contributed by atoms with Crippen LogP contribution in [0.3, 0.4) is 0 Å². The van der Waals surface area contributed by atoms with Crippen molar-refractivity contribution in [1.82, 2.24) is 0 Å². The van der Waals surface area contributed by atoms with Gasteiger partial charge < -0.3 is 9.59 Å². The molecule has 1 aromatic rings. The molecular formula is C12H22N2O5S+2. The maximum atomic E-state index is 10.7. The van der Waals surface area contributed by atoms with E-state index in [0.29, 0.717) is 4.48 Å². The van der Waals surface area contributed by atoms with E-state index in [4.69, 9.17) is 9.66 Å². The summed E-state index contributed by atoms with van der Waals surface area (Å²) in [6, 6.07) is 5.16. The van der Waals surface area contributed by atoms with E-state index in [0.717, 1.165) is 0 Å². The van der Waals surface area contributed by atoms with Gasteiger partial charge in [-0.3, -0.25) is 4.55 Å². The highest BCUT2D eigenvalue weighted by molar-refractivity contribution is 7.85. The van der Waals surface area contributed by atoms with E-state index >= 15 is 0 Å². The molecule has 114 valence electrons. The number of carboxylic acid groups (broad SMARTS) is 1. The number of aromatic nitrogens is 1. The van der Waals surface area contributed by atoms with Gasteiger partial charge in [-0.25, -0.2) is 4.79 Å². The van der Waals surface area contributed by atoms with E-state index < -0.39 is 21.5 Å². The van der Waals surface area contributed by atoms with E-state index in [1.807, 2.05) is 21.1 Å². The number of nitrogens with zero attached hydrogens (tertiary/aromatic N) is 2. The predicted octanol–water partition coefficient (Wildman–Crippen LogP) is 0.158. The third-order valence-electron chi connectivity index (χ3n) is 2.20. The van der Waals surface area contributed by atoms with E-state index in [-0.39, 0.29) is 6.54 Å². The Morgan fingerprint density at radius 2 is 1.65 bits per heavy atom. The van der Waals surface area contributed by atoms with Crippen molar-refractivity contribution in [2.45, 2.75) is 12.3 Å². The highest BCUT2D eigenvalue weighted by Gasteiger charge is 2.25. The predicted molar refractivity (Wildman–Crippen MR) is 73.4 cm³/mol. The molecule has 20 heavy (non-hydrogen) atoms. The first kappa shape index (κ1) is 18.5. The van der Waals surface area contributed by atoms with Gasteiger partial charge in [0.1, 0.15) is 0 Å². The zero-order chi connectivity index (χ0) is 16.0. The zero-order valence-corrected chi connectivity index (χ0v) is 12.9. The number of aliphatic carboxylic acids is 1. The molecule has 0 aliphatic carbocycles. The Morgan fingerprint density at radius 1 is 1.20 bits per heavy atom. The van der Waals surface area contributed by atoms with Crippen LogP contribution in [0, 0.1) is 0 Å². The number of rotatable bonds is 4. The lowest BCUT2D eigenvalue weighted by Gasteiger charge is -2.20. The SMILES string of the molecule is CC([n+]1ccccc1)S(=O)(=O)O.C[N+](C)(C)CC(=O)O. The van der Waals surface area contributed by atoms with Crippen LogP contribution in [0.5, 0.6) is 0 Å². The third kappa shape index (κ3) is 8.57. The number of quaternary nitrogens is 1. The lowest BCUT2D eigenvalue weighted by atomic mass is 10.5. The minimum absolute atomic E-state index is 0.181. The summed E-state index contributed by atoms with van der Waals surface area (Å²) in [5.41, 5.74) is 0. The van der Waals surface area contributed by atoms with Crippen LogP contribution in [0.2, 0.25) is 0 Å². The van der Waals surface area contributed by atoms with Crippen LogP contribution in [0.15, 0.2) is 30.6 Å². The largest absolute Gasteiger partial charge is 0.477 e. The maximum absolute atomic E-state index is 10.7. The molecule has 0 aliphatic heterocycles. The van der Waals surface area contributed by atoms with Crippen molar-refractivity contribution in [2.24, 2.45) is 0 Å². The lowest BCUT2D eigenvalue weighted by molar-refractivity contribution is -0.862. The number of likely N-dealkylation sites (N-methyl/N-ethyl adjacent to an activating group) is 1. The van der Waals surface area contributed by atoms with Gasteiger partial charge in [0, 0.05) is 19.1 Å². The van der Waals surface area contributed by atoms with Gasteiger partial charge in [0.15, 0.2) is 18.9 Å². The van der Waals surface area contributed by atoms with Gasteiger partial charge in [-0.2, -0.15) is 13.0 Å². The van der Waals surface area contributed by atoms with Crippen LogP contribution in [-0.4, -0.2) is 56.2 Å². The molecule has 0 saturated carbocycles. The summed E-state index contributed by atoms with van der Waals surface area (Å²) in [5.74, 6) is -0.752. The van der Waals surface area contributed by atoms with E-state index in [2.05, 4.69) is 0 Å². The second-order valence-electron chi connectivity index (χ2n) is 5.28. The Bertz CT molecular complexity index is 523. The quantitative estimate of drug-likeness (QED) is 0.469. The fraction of sp³-hybridized carbons (Fsp3) is 0.500. The minimum atomic E-state index is -3.99. The van der Waals surface area contributed by atoms with Gasteiger partial charge in [-0.1, -0.05) is 6.07 Å². The fourth-order valence-corrected chi connectivity index (χ4v) is 1.66. The number of hydrogen-bond donors (Lipinski definition) is 2. The van der Waals surface area contributed by atoms with E-state index in [1.54, 1.807) is 30.6 Å². The van der Waals surface area contributed by atoms with Gasteiger partial charge in [0.05, 0.1) is 21.1 Å². The molecule has 1 unspecified atom stereocenters. The monoisotopic (exact) mass is 306 g/mol. The Morgan fingerprint density at radius 3 is 1.90 bits per heavy atom. The van der Waals surface area contributed by atoms with Crippen LogP contribution in [0.4, 0.5) is 0 Å². The Labute approximate surface area is 119 Å². The third-order valence-corrected chi connectivity index (χ3v) is 3.30. The molecule has 1 aromatic heterocycles. The number of carboxylic acids is 1. The molecule has 0 aromatic carbocycles. The molecule has 1 atom stereocenters. The van der Waals surface area contributed by atoms with Gasteiger partial charge in [0.25, 0.3) is 5.37 Å². The average molecular weight is 306 g/mol. The van der Waals surface area contributed by atoms with Crippen molar-refractivity contribution in [3.63, 3.8) is 0 Å². The zero-order valence-electron chi connectivity index (χ0n) is 12.1. The topological polar surface area (TPSA) is 95.5 Å². The summed E-state index contributed by atoms with van der Waals surface area (Å²) in [6.45, 7) is 1.59. The van der Waals surface area contributed by atoms with Crippen LogP contribution >= 0.6 is 0 Å². The summed E-state index contributed by atoms with van der Waals surface area (Å²) in [5, 5.41) is 7.30. The molecule has 0 aliphatic rings. The number of hydrogen-bond acceptors (Lipinski definition) is 3. The molecule has 0 spiro atoms. The van der Waals surface area contributed by atoms with E-state index in [1.165, 1.54) is 11.5 Å². The van der Waals surface area contributed by atoms with Crippen LogP contribution in [-0.2, 0) is 14.9 Å². The molecule has 1 heterocycles. The highest BCUT2D eigenvalue weighted by atomic mass is 32.2. The second kappa shape index (κ2) is 7.32. The summed E-state index contributed by atoms with van der Waals surface area (Å²) < 4.78 is 31.9. The standard InChI is InChI=1S/C7H9NO3S.C5H11NO2/c1-7(12(9,10)11)8-5-3-2-4-6-8;1-6(2,3)4-5(7)8/h2-7H,1H3;4H2,1-3H3/p+2. The molecule has 0 radical (unpaired) electrons. The van der Waals surface area contributed by atoms with Crippen LogP contribution < -0.4 is 4.57 Å². The number of carbonyl (C=O) groups is 1. The molecule has 0 amide bonds. The molecule has 8 heteroatoms. The fourth-order valence-electron chi connectivity index (χ4n) is 1.21. The van der Waals surface area contributed by atoms with Crippen molar-refractivity contribution in [2.75, 3.05) is 27.7 Å². The summed E-state index contributed by atoms with van der Waals surface area (Å²) in [4.78, 5) is 10.00. The molecule has 0 fully saturated rings. The normalized spacial score (nSPS) is 13.1. The Balaban J connectivity index is 0.000000396. The Kier molecular flexibility index (Phi) is 6.77. The number of pyridine rings is 1. The van der Waals surface area contributed by atoms with Gasteiger partial charge >= 0.3 is 16.1 Å². The van der Waals surface area contributed by atoms with Crippen molar-refractivity contribution >= 4 is 16.1 Å². The molecule has 0 bridgehead atoms. The summed E-state index contributed by atoms with van der Waals surface area (Å²) >= 11 is 0. The van der Waals surface area contributed by atoms with Crippen LogP contribution in [0.1, 0.15) is 12.3 Å². The molecular weight excluding hydrogens is 284 g/mol. The van der Waals surface area contributed by atoms with Crippen molar-refractivity contribution in [1.29, 1.82) is 0 Å². The first-order valence-corrected chi connectivity index (χ1v) is 7.38. The van der Waals surface area contributed by atoms with Crippen molar-refractivity contribution < 1.29 is 31.9 Å². The van der Waals surface area contributed by atoms with Crippen LogP contribution in [0.25, 0.3) is 0 Å². The molecule has 0 saturated heterocycles. The highest BCUT2D eigenvalue weighted by Crippen LogP contribution is 2.01. The molecule has 1 rings (SSSR count). The maximum Gasteiger partial charge on any atom is 0.359 e.